The highest BCUT2D eigenvalue weighted by atomic mass is 19.2. The highest BCUT2D eigenvalue weighted by molar-refractivity contribution is 5.72. The molecule has 0 aliphatic rings. The van der Waals surface area contributed by atoms with Crippen molar-refractivity contribution >= 4 is 17.2 Å². The van der Waals surface area contributed by atoms with Crippen LogP contribution in [-0.4, -0.2) is 16.1 Å². The summed E-state index contributed by atoms with van der Waals surface area (Å²) in [5.74, 6) is -1.62. The molecule has 0 saturated heterocycles. The third-order valence-electron chi connectivity index (χ3n) is 2.40. The molecule has 20 heavy (non-hydrogen) atoms. The number of halogens is 2. The van der Waals surface area contributed by atoms with E-state index in [0.717, 1.165) is 6.07 Å². The summed E-state index contributed by atoms with van der Waals surface area (Å²) >= 11 is 0. The number of benzene rings is 1. The van der Waals surface area contributed by atoms with Gasteiger partial charge in [0.25, 0.3) is 0 Å². The number of hydrogen-bond acceptors (Lipinski definition) is 5. The Balaban J connectivity index is 2.32. The molecule has 3 N–H and O–H groups in total. The van der Waals surface area contributed by atoms with Crippen molar-refractivity contribution < 1.29 is 13.5 Å². The van der Waals surface area contributed by atoms with Gasteiger partial charge >= 0.3 is 0 Å². The van der Waals surface area contributed by atoms with Crippen LogP contribution in [0.2, 0.25) is 0 Å². The Morgan fingerprint density at radius 1 is 1.25 bits per heavy atom. The van der Waals surface area contributed by atoms with E-state index in [4.69, 9.17) is 10.5 Å². The average molecular weight is 280 g/mol. The van der Waals surface area contributed by atoms with Crippen LogP contribution in [-0.2, 0) is 0 Å². The second-order valence-corrected chi connectivity index (χ2v) is 4.33. The fraction of sp³-hybridized carbons (Fsp3) is 0.231. The second kappa shape index (κ2) is 5.68. The molecule has 0 fully saturated rings. The molecule has 0 aliphatic heterocycles. The number of nitrogens with two attached hydrogens (primary N) is 1. The third-order valence-corrected chi connectivity index (χ3v) is 2.40. The SMILES string of the molecule is CC(C)Oc1ncnc(Nc2cccc(F)c2F)c1N. The standard InChI is InChI=1S/C13H14F2N4O/c1-7(2)20-13-11(16)12(17-6-18-13)19-9-5-3-4-8(14)10(9)15/h3-7H,16H2,1-2H3,(H,17,18,19). The van der Waals surface area contributed by atoms with Gasteiger partial charge < -0.3 is 15.8 Å². The summed E-state index contributed by atoms with van der Waals surface area (Å²) < 4.78 is 32.1. The maximum absolute atomic E-state index is 13.6. The Bertz CT molecular complexity index is 619. The highest BCUT2D eigenvalue weighted by Gasteiger charge is 2.13. The molecular formula is C13H14F2N4O. The van der Waals surface area contributed by atoms with E-state index >= 15 is 0 Å². The molecule has 1 aromatic heterocycles. The molecule has 0 aliphatic carbocycles. The van der Waals surface area contributed by atoms with Gasteiger partial charge in [-0.05, 0) is 26.0 Å². The lowest BCUT2D eigenvalue weighted by molar-refractivity contribution is 0.234. The van der Waals surface area contributed by atoms with Gasteiger partial charge in [-0.3, -0.25) is 0 Å². The zero-order chi connectivity index (χ0) is 14.7. The molecule has 7 heteroatoms. The highest BCUT2D eigenvalue weighted by Crippen LogP contribution is 2.29. The van der Waals surface area contributed by atoms with E-state index < -0.39 is 11.6 Å². The Morgan fingerprint density at radius 3 is 2.70 bits per heavy atom. The van der Waals surface area contributed by atoms with Gasteiger partial charge in [0.15, 0.2) is 17.5 Å². The lowest BCUT2D eigenvalue weighted by Crippen LogP contribution is -2.11. The van der Waals surface area contributed by atoms with E-state index in [9.17, 15) is 8.78 Å². The van der Waals surface area contributed by atoms with Crippen molar-refractivity contribution in [2.45, 2.75) is 20.0 Å². The van der Waals surface area contributed by atoms with E-state index in [1.807, 2.05) is 13.8 Å². The summed E-state index contributed by atoms with van der Waals surface area (Å²) in [4.78, 5) is 7.79. The van der Waals surface area contributed by atoms with Gasteiger partial charge in [-0.2, -0.15) is 4.98 Å². The first kappa shape index (κ1) is 14.0. The minimum Gasteiger partial charge on any atom is -0.473 e. The van der Waals surface area contributed by atoms with Gasteiger partial charge in [0.05, 0.1) is 11.8 Å². The van der Waals surface area contributed by atoms with E-state index in [2.05, 4.69) is 15.3 Å². The molecule has 0 saturated carbocycles. The summed E-state index contributed by atoms with van der Waals surface area (Å²) in [5.41, 5.74) is 5.90. The molecule has 0 amide bonds. The Hall–Kier alpha value is -2.44. The number of ether oxygens (including phenoxy) is 1. The summed E-state index contributed by atoms with van der Waals surface area (Å²) in [6.07, 6.45) is 1.11. The van der Waals surface area contributed by atoms with Gasteiger partial charge in [-0.1, -0.05) is 6.07 Å². The maximum atomic E-state index is 13.6. The first-order chi connectivity index (χ1) is 9.49. The number of nitrogens with zero attached hydrogens (tertiary/aromatic N) is 2. The van der Waals surface area contributed by atoms with Crippen molar-refractivity contribution in [2.75, 3.05) is 11.1 Å². The molecule has 106 valence electrons. The van der Waals surface area contributed by atoms with E-state index in [-0.39, 0.29) is 29.2 Å². The normalized spacial score (nSPS) is 10.7. The number of aromatic nitrogens is 2. The Morgan fingerprint density at radius 2 is 2.00 bits per heavy atom. The fourth-order valence-corrected chi connectivity index (χ4v) is 1.52. The van der Waals surface area contributed by atoms with Gasteiger partial charge in [-0.25, -0.2) is 13.8 Å². The third kappa shape index (κ3) is 2.93. The van der Waals surface area contributed by atoms with Crippen molar-refractivity contribution in [3.8, 4) is 5.88 Å². The van der Waals surface area contributed by atoms with Crippen LogP contribution in [0.3, 0.4) is 0 Å². The predicted molar refractivity (Wildman–Crippen MR) is 71.8 cm³/mol. The Labute approximate surface area is 114 Å². The first-order valence-electron chi connectivity index (χ1n) is 5.97. The molecule has 5 nitrogen and oxygen atoms in total. The first-order valence-corrected chi connectivity index (χ1v) is 5.97. The van der Waals surface area contributed by atoms with E-state index in [1.165, 1.54) is 18.5 Å². The molecule has 1 aromatic carbocycles. The van der Waals surface area contributed by atoms with Gasteiger partial charge in [0.1, 0.15) is 12.0 Å². The molecule has 0 unspecified atom stereocenters. The van der Waals surface area contributed by atoms with Crippen molar-refractivity contribution in [1.82, 2.24) is 9.97 Å². The van der Waals surface area contributed by atoms with E-state index in [1.54, 1.807) is 0 Å². The second-order valence-electron chi connectivity index (χ2n) is 4.33. The predicted octanol–water partition coefficient (Wildman–Crippen LogP) is 2.87. The largest absolute Gasteiger partial charge is 0.473 e. The van der Waals surface area contributed by atoms with Crippen molar-refractivity contribution in [3.05, 3.63) is 36.2 Å². The average Bonchev–Trinajstić information content (AvgIpc) is 2.39. The molecule has 0 bridgehead atoms. The van der Waals surface area contributed by atoms with Crippen LogP contribution < -0.4 is 15.8 Å². The zero-order valence-corrected chi connectivity index (χ0v) is 11.0. The van der Waals surface area contributed by atoms with Crippen LogP contribution in [0.5, 0.6) is 5.88 Å². The maximum Gasteiger partial charge on any atom is 0.242 e. The molecule has 0 spiro atoms. The van der Waals surface area contributed by atoms with Gasteiger partial charge in [0.2, 0.25) is 5.88 Å². The number of nitrogen functional groups attached to an aromatic ring is 1. The van der Waals surface area contributed by atoms with Crippen LogP contribution in [0.1, 0.15) is 13.8 Å². The monoisotopic (exact) mass is 280 g/mol. The van der Waals surface area contributed by atoms with E-state index in [0.29, 0.717) is 0 Å². The molecule has 2 aromatic rings. The number of hydrogen-bond donors (Lipinski definition) is 2. The lowest BCUT2D eigenvalue weighted by atomic mass is 10.3. The Kier molecular flexibility index (Phi) is 3.97. The topological polar surface area (TPSA) is 73.1 Å². The zero-order valence-electron chi connectivity index (χ0n) is 11.0. The lowest BCUT2D eigenvalue weighted by Gasteiger charge is -2.14. The minimum atomic E-state index is -1.00. The van der Waals surface area contributed by atoms with Crippen molar-refractivity contribution in [3.63, 3.8) is 0 Å². The molecule has 1 heterocycles. The minimum absolute atomic E-state index is 0.0640. The molecular weight excluding hydrogens is 266 g/mol. The van der Waals surface area contributed by atoms with Gasteiger partial charge in [0, 0.05) is 0 Å². The van der Waals surface area contributed by atoms with Crippen molar-refractivity contribution in [2.24, 2.45) is 0 Å². The van der Waals surface area contributed by atoms with Crippen LogP contribution in [0.15, 0.2) is 24.5 Å². The summed E-state index contributed by atoms with van der Waals surface area (Å²) in [6.45, 7) is 3.64. The number of rotatable bonds is 4. The van der Waals surface area contributed by atoms with Crippen LogP contribution in [0.4, 0.5) is 26.0 Å². The fourth-order valence-electron chi connectivity index (χ4n) is 1.52. The number of anilines is 3. The quantitative estimate of drug-likeness (QED) is 0.901. The van der Waals surface area contributed by atoms with Crippen LogP contribution >= 0.6 is 0 Å². The summed E-state index contributed by atoms with van der Waals surface area (Å²) in [5, 5.41) is 2.62. The van der Waals surface area contributed by atoms with Crippen LogP contribution in [0, 0.1) is 11.6 Å². The summed E-state index contributed by atoms with van der Waals surface area (Å²) in [7, 11) is 0. The molecule has 0 atom stereocenters. The van der Waals surface area contributed by atoms with Crippen molar-refractivity contribution in [1.29, 1.82) is 0 Å². The molecule has 0 radical (unpaired) electrons. The van der Waals surface area contributed by atoms with Crippen LogP contribution in [0.25, 0.3) is 0 Å². The van der Waals surface area contributed by atoms with Gasteiger partial charge in [-0.15, -0.1) is 0 Å². The molecule has 2 rings (SSSR count). The summed E-state index contributed by atoms with van der Waals surface area (Å²) in [6, 6.07) is 3.78. The smallest absolute Gasteiger partial charge is 0.242 e. The number of nitrogens with one attached hydrogen (secondary N) is 1.